The van der Waals surface area contributed by atoms with Gasteiger partial charge in [-0.1, -0.05) is 18.2 Å². The largest absolute Gasteiger partial charge is 0.490 e. The molecule has 3 N–H and O–H groups in total. The molecular weight excluding hydrogens is 322 g/mol. The number of carboxylic acids is 1. The maximum absolute atomic E-state index is 10.8. The maximum atomic E-state index is 10.8. The van der Waals surface area contributed by atoms with E-state index in [9.17, 15) is 4.79 Å². The molecule has 0 atom stereocenters. The van der Waals surface area contributed by atoms with Crippen LogP contribution < -0.4 is 14.8 Å². The Hall–Kier alpha value is -2.57. The molecule has 0 fully saturated rings. The van der Waals surface area contributed by atoms with E-state index in [4.69, 9.17) is 19.7 Å². The van der Waals surface area contributed by atoms with E-state index in [0.717, 1.165) is 11.1 Å². The number of aromatic carboxylic acids is 1. The Bertz CT molecular complexity index is 685. The van der Waals surface area contributed by atoms with E-state index in [1.54, 1.807) is 24.3 Å². The highest BCUT2D eigenvalue weighted by atomic mass is 16.5. The maximum Gasteiger partial charge on any atom is 0.335 e. The minimum absolute atomic E-state index is 0.0461. The molecule has 0 aliphatic rings. The highest BCUT2D eigenvalue weighted by Gasteiger charge is 2.07. The van der Waals surface area contributed by atoms with Crippen LogP contribution >= 0.6 is 0 Å². The predicted octanol–water partition coefficient (Wildman–Crippen LogP) is 2.44. The summed E-state index contributed by atoms with van der Waals surface area (Å²) in [6.45, 7) is 3.89. The minimum Gasteiger partial charge on any atom is -0.490 e. The zero-order chi connectivity index (χ0) is 18.1. The van der Waals surface area contributed by atoms with Gasteiger partial charge in [-0.25, -0.2) is 4.79 Å². The highest BCUT2D eigenvalue weighted by molar-refractivity contribution is 5.87. The van der Waals surface area contributed by atoms with Crippen molar-refractivity contribution >= 4 is 5.97 Å². The molecule has 0 radical (unpaired) electrons. The number of carboxylic acid groups (broad SMARTS) is 1. The van der Waals surface area contributed by atoms with Crippen molar-refractivity contribution < 1.29 is 24.5 Å². The Kier molecular flexibility index (Phi) is 7.25. The molecule has 0 bridgehead atoms. The van der Waals surface area contributed by atoms with Crippen molar-refractivity contribution in [2.24, 2.45) is 0 Å². The van der Waals surface area contributed by atoms with Gasteiger partial charge >= 0.3 is 5.97 Å². The molecule has 0 saturated heterocycles. The molecule has 0 heterocycles. The summed E-state index contributed by atoms with van der Waals surface area (Å²) in [6.07, 6.45) is 0. The molecule has 0 saturated carbocycles. The predicted molar refractivity (Wildman–Crippen MR) is 94.1 cm³/mol. The lowest BCUT2D eigenvalue weighted by Crippen LogP contribution is -2.13. The second kappa shape index (κ2) is 9.66. The number of nitrogens with one attached hydrogen (secondary N) is 1. The number of hydrogen-bond donors (Lipinski definition) is 3. The quantitative estimate of drug-likeness (QED) is 0.613. The number of rotatable bonds is 10. The van der Waals surface area contributed by atoms with E-state index in [0.29, 0.717) is 31.2 Å². The number of aliphatic hydroxyl groups excluding tert-OH is 1. The van der Waals surface area contributed by atoms with Crippen LogP contribution in [0.1, 0.15) is 28.4 Å². The first kappa shape index (κ1) is 18.8. The van der Waals surface area contributed by atoms with Gasteiger partial charge in [0.1, 0.15) is 6.61 Å². The Balaban J connectivity index is 1.93. The average molecular weight is 345 g/mol. The average Bonchev–Trinajstić information content (AvgIpc) is 2.62. The summed E-state index contributed by atoms with van der Waals surface area (Å²) in [6, 6.07) is 12.5. The van der Waals surface area contributed by atoms with Gasteiger partial charge in [0.15, 0.2) is 11.5 Å². The molecule has 25 heavy (non-hydrogen) atoms. The van der Waals surface area contributed by atoms with Crippen LogP contribution in [-0.4, -0.2) is 36.0 Å². The van der Waals surface area contributed by atoms with Crippen molar-refractivity contribution in [3.63, 3.8) is 0 Å². The van der Waals surface area contributed by atoms with E-state index in [-0.39, 0.29) is 18.8 Å². The normalized spacial score (nSPS) is 10.5. The molecule has 6 heteroatoms. The fourth-order valence-electron chi connectivity index (χ4n) is 2.32. The zero-order valence-corrected chi connectivity index (χ0v) is 14.2. The van der Waals surface area contributed by atoms with Crippen molar-refractivity contribution in [1.29, 1.82) is 0 Å². The molecule has 0 aliphatic heterocycles. The van der Waals surface area contributed by atoms with E-state index >= 15 is 0 Å². The van der Waals surface area contributed by atoms with Crippen molar-refractivity contribution in [2.45, 2.75) is 20.0 Å². The minimum atomic E-state index is -0.925. The molecule has 0 unspecified atom stereocenters. The van der Waals surface area contributed by atoms with Gasteiger partial charge in [-0.05, 0) is 42.3 Å². The second-order valence-corrected chi connectivity index (χ2v) is 5.39. The van der Waals surface area contributed by atoms with Gasteiger partial charge in [0.05, 0.1) is 18.8 Å². The monoisotopic (exact) mass is 345 g/mol. The lowest BCUT2D eigenvalue weighted by atomic mass is 10.1. The summed E-state index contributed by atoms with van der Waals surface area (Å²) in [5.74, 6) is 0.344. The molecule has 2 rings (SSSR count). The third kappa shape index (κ3) is 5.77. The van der Waals surface area contributed by atoms with Crippen LogP contribution in [0, 0.1) is 0 Å². The zero-order valence-electron chi connectivity index (χ0n) is 14.2. The molecule has 2 aromatic carbocycles. The van der Waals surface area contributed by atoms with Crippen LogP contribution in [-0.2, 0) is 13.1 Å². The number of benzene rings is 2. The van der Waals surface area contributed by atoms with E-state index in [1.807, 2.05) is 25.1 Å². The molecule has 0 spiro atoms. The first-order chi connectivity index (χ1) is 12.1. The molecule has 6 nitrogen and oxygen atoms in total. The molecule has 134 valence electrons. The second-order valence-electron chi connectivity index (χ2n) is 5.39. The standard InChI is InChI=1S/C19H23NO5/c1-2-24-18-11-15(5-8-17(18)25-10-9-21)13-20-12-14-3-6-16(7-4-14)19(22)23/h3-8,11,20-21H,2,9-10,12-13H2,1H3,(H,22,23). The van der Waals surface area contributed by atoms with Crippen LogP contribution in [0.4, 0.5) is 0 Å². The van der Waals surface area contributed by atoms with Gasteiger partial charge in [0, 0.05) is 13.1 Å². The summed E-state index contributed by atoms with van der Waals surface area (Å²) in [4.78, 5) is 10.8. The Morgan fingerprint density at radius 3 is 2.32 bits per heavy atom. The fourth-order valence-corrected chi connectivity index (χ4v) is 2.32. The van der Waals surface area contributed by atoms with Crippen LogP contribution in [0.2, 0.25) is 0 Å². The van der Waals surface area contributed by atoms with Crippen molar-refractivity contribution in [2.75, 3.05) is 19.8 Å². The van der Waals surface area contributed by atoms with E-state index in [1.165, 1.54) is 0 Å². The summed E-state index contributed by atoms with van der Waals surface area (Å²) in [5, 5.41) is 21.1. The third-order valence-corrected chi connectivity index (χ3v) is 3.52. The lowest BCUT2D eigenvalue weighted by molar-refractivity contribution is 0.0697. The first-order valence-corrected chi connectivity index (χ1v) is 8.16. The van der Waals surface area contributed by atoms with Gasteiger partial charge in [-0.2, -0.15) is 0 Å². The molecule has 0 amide bonds. The summed E-state index contributed by atoms with van der Waals surface area (Å²) in [5.41, 5.74) is 2.34. The van der Waals surface area contributed by atoms with E-state index in [2.05, 4.69) is 5.32 Å². The Labute approximate surface area is 147 Å². The third-order valence-electron chi connectivity index (χ3n) is 3.52. The van der Waals surface area contributed by atoms with Crippen LogP contribution in [0.15, 0.2) is 42.5 Å². The van der Waals surface area contributed by atoms with Gasteiger partial charge in [-0.15, -0.1) is 0 Å². The van der Waals surface area contributed by atoms with Crippen LogP contribution in [0.3, 0.4) is 0 Å². The van der Waals surface area contributed by atoms with Gasteiger partial charge in [-0.3, -0.25) is 0 Å². The Morgan fingerprint density at radius 1 is 1.00 bits per heavy atom. The number of aliphatic hydroxyl groups is 1. The Morgan fingerprint density at radius 2 is 1.68 bits per heavy atom. The van der Waals surface area contributed by atoms with Gasteiger partial charge < -0.3 is 25.0 Å². The van der Waals surface area contributed by atoms with Crippen molar-refractivity contribution in [3.05, 3.63) is 59.2 Å². The smallest absolute Gasteiger partial charge is 0.335 e. The number of carbonyl (C=O) groups is 1. The van der Waals surface area contributed by atoms with Gasteiger partial charge in [0.2, 0.25) is 0 Å². The fraction of sp³-hybridized carbons (Fsp3) is 0.316. The topological polar surface area (TPSA) is 88.0 Å². The number of ether oxygens (including phenoxy) is 2. The van der Waals surface area contributed by atoms with Crippen molar-refractivity contribution in [3.8, 4) is 11.5 Å². The highest BCUT2D eigenvalue weighted by Crippen LogP contribution is 2.28. The summed E-state index contributed by atoms with van der Waals surface area (Å²) in [7, 11) is 0. The molecule has 0 aliphatic carbocycles. The summed E-state index contributed by atoms with van der Waals surface area (Å²) < 4.78 is 11.0. The summed E-state index contributed by atoms with van der Waals surface area (Å²) >= 11 is 0. The van der Waals surface area contributed by atoms with Crippen LogP contribution in [0.25, 0.3) is 0 Å². The van der Waals surface area contributed by atoms with Crippen molar-refractivity contribution in [1.82, 2.24) is 5.32 Å². The number of hydrogen-bond acceptors (Lipinski definition) is 5. The molecular formula is C19H23NO5. The first-order valence-electron chi connectivity index (χ1n) is 8.16. The van der Waals surface area contributed by atoms with E-state index < -0.39 is 5.97 Å². The lowest BCUT2D eigenvalue weighted by Gasteiger charge is -2.13. The molecule has 2 aromatic rings. The SMILES string of the molecule is CCOc1cc(CNCc2ccc(C(=O)O)cc2)ccc1OCCO. The van der Waals surface area contributed by atoms with Crippen LogP contribution in [0.5, 0.6) is 11.5 Å². The van der Waals surface area contributed by atoms with Gasteiger partial charge in [0.25, 0.3) is 0 Å². The molecule has 0 aromatic heterocycles.